The molecule has 0 aliphatic heterocycles. The number of para-hydroxylation sites is 1. The third-order valence-electron chi connectivity index (χ3n) is 4.70. The van der Waals surface area contributed by atoms with Crippen LogP contribution in [0.1, 0.15) is 34.1 Å². The van der Waals surface area contributed by atoms with Gasteiger partial charge in [-0.05, 0) is 49.0 Å². The largest absolute Gasteiger partial charge is 0.437 e. The van der Waals surface area contributed by atoms with E-state index < -0.39 is 11.8 Å². The van der Waals surface area contributed by atoms with Crippen molar-refractivity contribution in [3.8, 4) is 11.3 Å². The minimum atomic E-state index is -1.44. The molecular formula is C24H22N2OS. The Kier molecular flexibility index (Phi) is 3.34. The number of hydrogen-bond donors (Lipinski definition) is 0. The Morgan fingerprint density at radius 3 is 2.75 bits per heavy atom. The van der Waals surface area contributed by atoms with E-state index in [9.17, 15) is 0 Å². The molecule has 28 heavy (non-hydrogen) atoms. The van der Waals surface area contributed by atoms with Crippen molar-refractivity contribution in [2.24, 2.45) is 5.41 Å². The van der Waals surface area contributed by atoms with Gasteiger partial charge in [0.1, 0.15) is 5.58 Å². The molecule has 140 valence electrons. The van der Waals surface area contributed by atoms with Gasteiger partial charge in [0, 0.05) is 45.9 Å². The Morgan fingerprint density at radius 2 is 1.93 bits per heavy atom. The van der Waals surface area contributed by atoms with Gasteiger partial charge in [-0.2, -0.15) is 0 Å². The minimum absolute atomic E-state index is 0.510. The normalized spacial score (nSPS) is 14.0. The van der Waals surface area contributed by atoms with Gasteiger partial charge in [-0.25, -0.2) is 4.98 Å². The zero-order valence-electron chi connectivity index (χ0n) is 18.3. The van der Waals surface area contributed by atoms with Gasteiger partial charge in [-0.15, -0.1) is 11.3 Å². The number of pyridine rings is 2. The van der Waals surface area contributed by atoms with Crippen molar-refractivity contribution in [1.82, 2.24) is 9.97 Å². The molecule has 0 aliphatic rings. The predicted molar refractivity (Wildman–Crippen MR) is 118 cm³/mol. The van der Waals surface area contributed by atoms with Gasteiger partial charge in [0.15, 0.2) is 0 Å². The summed E-state index contributed by atoms with van der Waals surface area (Å²) in [5.74, 6) is 0. The topological polar surface area (TPSA) is 38.9 Å². The summed E-state index contributed by atoms with van der Waals surface area (Å²) in [5.41, 5.74) is 3.49. The summed E-state index contributed by atoms with van der Waals surface area (Å²) >= 11 is 1.49. The summed E-state index contributed by atoms with van der Waals surface area (Å²) in [4.78, 5) is 9.93. The molecule has 0 N–H and O–H groups in total. The van der Waals surface area contributed by atoms with E-state index in [1.807, 2.05) is 70.2 Å². The fourth-order valence-corrected chi connectivity index (χ4v) is 4.73. The SMILES string of the molecule is [2H]C([2H])(c1cc2c(-c3cccc4c3oc3nc(C)ccc34)nccc2s1)C(C)(C)C. The Hall–Kier alpha value is -2.72. The maximum atomic E-state index is 8.68. The molecule has 1 aromatic carbocycles. The van der Waals surface area contributed by atoms with Crippen molar-refractivity contribution in [3.05, 3.63) is 59.2 Å². The van der Waals surface area contributed by atoms with Gasteiger partial charge in [-0.3, -0.25) is 4.98 Å². The monoisotopic (exact) mass is 388 g/mol. The van der Waals surface area contributed by atoms with Crippen molar-refractivity contribution in [2.45, 2.75) is 34.1 Å². The Morgan fingerprint density at radius 1 is 1.07 bits per heavy atom. The van der Waals surface area contributed by atoms with Crippen molar-refractivity contribution in [1.29, 1.82) is 0 Å². The van der Waals surface area contributed by atoms with Crippen LogP contribution in [-0.4, -0.2) is 9.97 Å². The van der Waals surface area contributed by atoms with Gasteiger partial charge >= 0.3 is 0 Å². The smallest absolute Gasteiger partial charge is 0.227 e. The molecule has 4 heteroatoms. The van der Waals surface area contributed by atoms with E-state index in [1.54, 1.807) is 6.20 Å². The number of aromatic nitrogens is 2. The number of furan rings is 1. The molecule has 0 bridgehead atoms. The van der Waals surface area contributed by atoms with Crippen LogP contribution < -0.4 is 0 Å². The van der Waals surface area contributed by atoms with E-state index in [1.165, 1.54) is 11.3 Å². The number of aryl methyl sites for hydroxylation is 1. The highest BCUT2D eigenvalue weighted by Crippen LogP contribution is 2.39. The van der Waals surface area contributed by atoms with E-state index in [0.717, 1.165) is 43.4 Å². The second-order valence-corrected chi connectivity index (χ2v) is 9.23. The zero-order chi connectivity index (χ0) is 21.3. The molecule has 4 heterocycles. The molecule has 0 saturated carbocycles. The van der Waals surface area contributed by atoms with E-state index in [2.05, 4.69) is 9.97 Å². The molecule has 4 aromatic heterocycles. The van der Waals surface area contributed by atoms with Crippen LogP contribution in [0.2, 0.25) is 0 Å². The van der Waals surface area contributed by atoms with Gasteiger partial charge in [0.25, 0.3) is 0 Å². The van der Waals surface area contributed by atoms with Crippen LogP contribution in [0.5, 0.6) is 0 Å². The van der Waals surface area contributed by atoms with Crippen LogP contribution in [0, 0.1) is 12.3 Å². The molecule has 0 unspecified atom stereocenters. The highest BCUT2D eigenvalue weighted by Gasteiger charge is 2.18. The number of nitrogens with zero attached hydrogens (tertiary/aromatic N) is 2. The molecule has 0 amide bonds. The van der Waals surface area contributed by atoms with Crippen LogP contribution >= 0.6 is 11.3 Å². The number of fused-ring (bicyclic) bond motifs is 4. The number of thiophene rings is 1. The Labute approximate surface area is 170 Å². The average molecular weight is 389 g/mol. The minimum Gasteiger partial charge on any atom is -0.437 e. The maximum Gasteiger partial charge on any atom is 0.227 e. The van der Waals surface area contributed by atoms with Gasteiger partial charge in [0.05, 0.1) is 5.69 Å². The van der Waals surface area contributed by atoms with Crippen molar-refractivity contribution in [2.75, 3.05) is 0 Å². The second-order valence-electron chi connectivity index (χ2n) is 8.15. The summed E-state index contributed by atoms with van der Waals surface area (Å²) in [7, 11) is 0. The number of rotatable bonds is 2. The highest BCUT2D eigenvalue weighted by molar-refractivity contribution is 7.19. The van der Waals surface area contributed by atoms with Crippen LogP contribution in [0.25, 0.3) is 43.4 Å². The fourth-order valence-electron chi connectivity index (χ4n) is 3.57. The van der Waals surface area contributed by atoms with Crippen LogP contribution in [-0.2, 0) is 6.37 Å². The summed E-state index contributed by atoms with van der Waals surface area (Å²) in [6.07, 6.45) is 0.343. The first-order valence-corrected chi connectivity index (χ1v) is 10.2. The molecule has 0 radical (unpaired) electrons. The summed E-state index contributed by atoms with van der Waals surface area (Å²) in [6, 6.07) is 14.0. The van der Waals surface area contributed by atoms with E-state index >= 15 is 0 Å². The molecule has 5 rings (SSSR count). The number of benzene rings is 1. The molecule has 5 aromatic rings. The van der Waals surface area contributed by atoms with Crippen molar-refractivity contribution >= 4 is 43.5 Å². The zero-order valence-corrected chi connectivity index (χ0v) is 17.1. The Balaban J connectivity index is 1.78. The predicted octanol–water partition coefficient (Wildman–Crippen LogP) is 7.15. The average Bonchev–Trinajstić information content (AvgIpc) is 3.28. The van der Waals surface area contributed by atoms with E-state index in [4.69, 9.17) is 7.16 Å². The lowest BCUT2D eigenvalue weighted by Crippen LogP contribution is -2.07. The first kappa shape index (κ1) is 15.2. The van der Waals surface area contributed by atoms with Crippen LogP contribution in [0.3, 0.4) is 0 Å². The summed E-state index contributed by atoms with van der Waals surface area (Å²) in [5, 5.41) is 2.94. The van der Waals surface area contributed by atoms with E-state index in [-0.39, 0.29) is 0 Å². The molecular weight excluding hydrogens is 364 g/mol. The molecule has 0 atom stereocenters. The third-order valence-corrected chi connectivity index (χ3v) is 5.72. The molecule has 0 spiro atoms. The first-order chi connectivity index (χ1) is 14.2. The van der Waals surface area contributed by atoms with Crippen LogP contribution in [0.4, 0.5) is 0 Å². The quantitative estimate of drug-likeness (QED) is 0.322. The van der Waals surface area contributed by atoms with E-state index in [0.29, 0.717) is 10.6 Å². The standard InChI is InChI=1S/C24H22N2OS/c1-14-8-9-17-16-6-5-7-18(22(16)27-23(17)26-14)21-19-12-15(13-24(2,3)4)28-20(19)10-11-25-21/h5-12H,13H2,1-4H3/i13D2. The van der Waals surface area contributed by atoms with Gasteiger partial charge < -0.3 is 4.42 Å². The van der Waals surface area contributed by atoms with Crippen molar-refractivity contribution < 1.29 is 7.16 Å². The number of hydrogen-bond acceptors (Lipinski definition) is 4. The second kappa shape index (κ2) is 6.14. The van der Waals surface area contributed by atoms with Crippen LogP contribution in [0.15, 0.2) is 53.1 Å². The lowest BCUT2D eigenvalue weighted by atomic mass is 9.91. The lowest BCUT2D eigenvalue weighted by Gasteiger charge is -2.16. The Bertz CT molecular complexity index is 1430. The van der Waals surface area contributed by atoms with Gasteiger partial charge in [-0.1, -0.05) is 32.9 Å². The molecule has 0 aliphatic carbocycles. The molecule has 0 fully saturated rings. The highest BCUT2D eigenvalue weighted by atomic mass is 32.1. The fraction of sp³-hybridized carbons (Fsp3) is 0.250. The first-order valence-electron chi connectivity index (χ1n) is 10.3. The molecule has 3 nitrogen and oxygen atoms in total. The molecule has 0 saturated heterocycles. The third kappa shape index (κ3) is 2.89. The van der Waals surface area contributed by atoms with Crippen molar-refractivity contribution in [3.63, 3.8) is 0 Å². The summed E-state index contributed by atoms with van der Waals surface area (Å²) < 4.78 is 24.6. The maximum absolute atomic E-state index is 8.68. The lowest BCUT2D eigenvalue weighted by molar-refractivity contribution is 0.415. The summed E-state index contributed by atoms with van der Waals surface area (Å²) in [6.45, 7) is 7.74. The van der Waals surface area contributed by atoms with Gasteiger partial charge in [0.2, 0.25) is 5.71 Å².